The summed E-state index contributed by atoms with van der Waals surface area (Å²) in [6, 6.07) is 8.00. The monoisotopic (exact) mass is 340 g/mol. The van der Waals surface area contributed by atoms with E-state index in [1.54, 1.807) is 18.2 Å². The van der Waals surface area contributed by atoms with Gasteiger partial charge in [0, 0.05) is 22.8 Å². The van der Waals surface area contributed by atoms with Crippen molar-refractivity contribution in [2.75, 3.05) is 6.61 Å². The molecule has 130 valence electrons. The molecule has 0 spiro atoms. The molecule has 4 rings (SSSR count). The molecular weight excluding hydrogens is 320 g/mol. The third kappa shape index (κ3) is 2.35. The first-order valence-corrected chi connectivity index (χ1v) is 8.23. The molecule has 2 aliphatic rings. The van der Waals surface area contributed by atoms with E-state index in [0.717, 1.165) is 5.57 Å². The summed E-state index contributed by atoms with van der Waals surface area (Å²) >= 11 is 0. The second kappa shape index (κ2) is 5.43. The van der Waals surface area contributed by atoms with E-state index >= 15 is 0 Å². The average Bonchev–Trinajstić information content (AvgIpc) is 2.85. The molecule has 25 heavy (non-hydrogen) atoms. The van der Waals surface area contributed by atoms with Crippen molar-refractivity contribution in [2.24, 2.45) is 0 Å². The summed E-state index contributed by atoms with van der Waals surface area (Å²) in [7, 11) is 0. The minimum absolute atomic E-state index is 0.0215. The number of hydrogen-bond donors (Lipinski definition) is 3. The molecule has 0 radical (unpaired) electrons. The highest BCUT2D eigenvalue weighted by Gasteiger charge is 2.53. The van der Waals surface area contributed by atoms with E-state index in [4.69, 9.17) is 9.47 Å². The van der Waals surface area contributed by atoms with Crippen molar-refractivity contribution in [2.45, 2.75) is 32.0 Å². The molecule has 2 unspecified atom stereocenters. The zero-order chi connectivity index (χ0) is 17.8. The second-order valence-corrected chi connectivity index (χ2v) is 6.86. The molecule has 3 N–H and O–H groups in total. The van der Waals surface area contributed by atoms with Gasteiger partial charge in [0.2, 0.25) is 0 Å². The van der Waals surface area contributed by atoms with Gasteiger partial charge in [0.05, 0.1) is 0 Å². The van der Waals surface area contributed by atoms with Gasteiger partial charge in [-0.25, -0.2) is 0 Å². The van der Waals surface area contributed by atoms with Crippen LogP contribution in [0.15, 0.2) is 42.0 Å². The van der Waals surface area contributed by atoms with Gasteiger partial charge in [-0.3, -0.25) is 0 Å². The first-order valence-electron chi connectivity index (χ1n) is 8.23. The van der Waals surface area contributed by atoms with Gasteiger partial charge in [0.15, 0.2) is 11.7 Å². The molecule has 5 heteroatoms. The van der Waals surface area contributed by atoms with Crippen molar-refractivity contribution < 1.29 is 24.8 Å². The fourth-order valence-corrected chi connectivity index (χ4v) is 3.50. The number of fused-ring (bicyclic) bond motifs is 5. The minimum atomic E-state index is -1.32. The molecule has 5 nitrogen and oxygen atoms in total. The molecule has 2 aromatic carbocycles. The SMILES string of the molecule is CC(C)=CCc1c(O)ccc2c1OCC1(O)c3ccc(O)cc3OC21. The maximum absolute atomic E-state index is 11.2. The first kappa shape index (κ1) is 15.8. The highest BCUT2D eigenvalue weighted by atomic mass is 16.5. The van der Waals surface area contributed by atoms with Crippen molar-refractivity contribution in [1.29, 1.82) is 0 Å². The summed E-state index contributed by atoms with van der Waals surface area (Å²) in [6.45, 7) is 4.01. The van der Waals surface area contributed by atoms with Crippen LogP contribution in [0.4, 0.5) is 0 Å². The number of phenolic OH excluding ortho intramolecular Hbond substituents is 2. The predicted molar refractivity (Wildman–Crippen MR) is 92.1 cm³/mol. The Balaban J connectivity index is 1.81. The third-order valence-corrected chi connectivity index (χ3v) is 4.81. The molecule has 2 heterocycles. The molecule has 0 amide bonds. The number of benzene rings is 2. The zero-order valence-electron chi connectivity index (χ0n) is 14.1. The van der Waals surface area contributed by atoms with Crippen molar-refractivity contribution in [1.82, 2.24) is 0 Å². The molecule has 2 atom stereocenters. The zero-order valence-corrected chi connectivity index (χ0v) is 14.1. The largest absolute Gasteiger partial charge is 0.508 e. The van der Waals surface area contributed by atoms with Gasteiger partial charge in [-0.15, -0.1) is 0 Å². The number of rotatable bonds is 2. The Morgan fingerprint density at radius 1 is 1.24 bits per heavy atom. The maximum atomic E-state index is 11.2. The van der Waals surface area contributed by atoms with Gasteiger partial charge in [-0.2, -0.15) is 0 Å². The Morgan fingerprint density at radius 3 is 2.80 bits per heavy atom. The summed E-state index contributed by atoms with van der Waals surface area (Å²) in [5.41, 5.74) is 1.80. The van der Waals surface area contributed by atoms with Crippen LogP contribution in [0.1, 0.15) is 36.6 Å². The van der Waals surface area contributed by atoms with Gasteiger partial charge in [-0.1, -0.05) is 11.6 Å². The van der Waals surface area contributed by atoms with Crippen LogP contribution in [0.5, 0.6) is 23.0 Å². The number of aromatic hydroxyl groups is 2. The van der Waals surface area contributed by atoms with E-state index in [0.29, 0.717) is 34.6 Å². The van der Waals surface area contributed by atoms with E-state index in [1.165, 1.54) is 12.1 Å². The summed E-state index contributed by atoms with van der Waals surface area (Å²) in [4.78, 5) is 0. The lowest BCUT2D eigenvalue weighted by molar-refractivity contribution is -0.0866. The van der Waals surface area contributed by atoms with Gasteiger partial charge in [0.25, 0.3) is 0 Å². The molecule has 2 aromatic rings. The van der Waals surface area contributed by atoms with E-state index in [-0.39, 0.29) is 18.1 Å². The van der Waals surface area contributed by atoms with Crippen LogP contribution in [0.2, 0.25) is 0 Å². The predicted octanol–water partition coefficient (Wildman–Crippen LogP) is 3.32. The van der Waals surface area contributed by atoms with Gasteiger partial charge >= 0.3 is 0 Å². The summed E-state index contributed by atoms with van der Waals surface area (Å²) in [5, 5.41) is 31.1. The number of allylic oxidation sites excluding steroid dienone is 2. The van der Waals surface area contributed by atoms with Gasteiger partial charge in [-0.05, 0) is 44.5 Å². The average molecular weight is 340 g/mol. The van der Waals surface area contributed by atoms with Crippen molar-refractivity contribution in [3.63, 3.8) is 0 Å². The highest BCUT2D eigenvalue weighted by molar-refractivity contribution is 5.57. The lowest BCUT2D eigenvalue weighted by Gasteiger charge is -2.35. The maximum Gasteiger partial charge on any atom is 0.168 e. The molecule has 0 bridgehead atoms. The normalized spacial score (nSPS) is 22.9. The molecule has 0 aromatic heterocycles. The lowest BCUT2D eigenvalue weighted by Crippen LogP contribution is -2.41. The fourth-order valence-electron chi connectivity index (χ4n) is 3.50. The van der Waals surface area contributed by atoms with E-state index < -0.39 is 11.7 Å². The molecular formula is C20H20O5. The number of ether oxygens (including phenoxy) is 2. The van der Waals surface area contributed by atoms with Crippen LogP contribution in [0.3, 0.4) is 0 Å². The Bertz CT molecular complexity index is 882. The Labute approximate surface area is 145 Å². The van der Waals surface area contributed by atoms with Crippen LogP contribution in [-0.2, 0) is 12.0 Å². The Morgan fingerprint density at radius 2 is 2.04 bits per heavy atom. The van der Waals surface area contributed by atoms with Crippen LogP contribution in [0, 0.1) is 0 Å². The van der Waals surface area contributed by atoms with E-state index in [2.05, 4.69) is 0 Å². The minimum Gasteiger partial charge on any atom is -0.508 e. The van der Waals surface area contributed by atoms with Crippen molar-refractivity contribution in [3.05, 3.63) is 58.7 Å². The van der Waals surface area contributed by atoms with Gasteiger partial charge < -0.3 is 24.8 Å². The molecule has 2 aliphatic heterocycles. The molecule has 0 aliphatic carbocycles. The Hall–Kier alpha value is -2.66. The van der Waals surface area contributed by atoms with Crippen LogP contribution in [0.25, 0.3) is 0 Å². The number of hydrogen-bond acceptors (Lipinski definition) is 5. The topological polar surface area (TPSA) is 79.2 Å². The fraction of sp³-hybridized carbons (Fsp3) is 0.300. The highest BCUT2D eigenvalue weighted by Crippen LogP contribution is 2.55. The molecule has 0 saturated carbocycles. The Kier molecular flexibility index (Phi) is 3.44. The second-order valence-electron chi connectivity index (χ2n) is 6.86. The summed E-state index contributed by atoms with van der Waals surface area (Å²) < 4.78 is 11.8. The van der Waals surface area contributed by atoms with Gasteiger partial charge in [0.1, 0.15) is 29.6 Å². The van der Waals surface area contributed by atoms with E-state index in [9.17, 15) is 15.3 Å². The summed E-state index contributed by atoms with van der Waals surface area (Å²) in [6.07, 6.45) is 1.91. The van der Waals surface area contributed by atoms with Crippen molar-refractivity contribution >= 4 is 0 Å². The summed E-state index contributed by atoms with van der Waals surface area (Å²) in [5.74, 6) is 1.25. The number of phenols is 2. The molecule has 0 saturated heterocycles. The van der Waals surface area contributed by atoms with Crippen molar-refractivity contribution in [3.8, 4) is 23.0 Å². The van der Waals surface area contributed by atoms with Crippen LogP contribution < -0.4 is 9.47 Å². The smallest absolute Gasteiger partial charge is 0.168 e. The van der Waals surface area contributed by atoms with E-state index in [1.807, 2.05) is 19.9 Å². The quantitative estimate of drug-likeness (QED) is 0.731. The third-order valence-electron chi connectivity index (χ3n) is 4.81. The van der Waals surface area contributed by atoms with Crippen LogP contribution in [-0.4, -0.2) is 21.9 Å². The first-order chi connectivity index (χ1) is 11.9. The lowest BCUT2D eigenvalue weighted by atomic mass is 9.83. The molecule has 0 fully saturated rings. The van der Waals surface area contributed by atoms with Crippen LogP contribution >= 0.6 is 0 Å². The standard InChI is InChI=1S/C20H20O5/c1-11(2)3-5-13-16(22)8-6-14-18(13)24-10-20(23)15-7-4-12(21)9-17(15)25-19(14)20/h3-4,6-9,19,21-23H,5,10H2,1-2H3. The number of aliphatic hydroxyl groups is 1.